The summed E-state index contributed by atoms with van der Waals surface area (Å²) in [6, 6.07) is 0. The topological polar surface area (TPSA) is 0 Å². The summed E-state index contributed by atoms with van der Waals surface area (Å²) in [5.41, 5.74) is 0. The van der Waals surface area contributed by atoms with E-state index in [2.05, 4.69) is 0 Å². The van der Waals surface area contributed by atoms with Crippen molar-refractivity contribution in [1.82, 2.24) is 0 Å². The monoisotopic (exact) mass is 198 g/mol. The average Bonchev–Trinajstić information content (AvgIpc) is 0.811. The van der Waals surface area contributed by atoms with Crippen molar-refractivity contribution < 1.29 is 10.9 Å². The first-order chi connectivity index (χ1) is 1.73. The van der Waals surface area contributed by atoms with Crippen molar-refractivity contribution in [3.05, 3.63) is 0 Å². The van der Waals surface area contributed by atoms with Crippen molar-refractivity contribution in [2.75, 3.05) is 0 Å². The fourth-order valence-corrected chi connectivity index (χ4v) is 0. The van der Waals surface area contributed by atoms with E-state index in [1.165, 1.54) is 0 Å². The average molecular weight is 199 g/mol. The van der Waals surface area contributed by atoms with Gasteiger partial charge in [0.1, 0.15) is 0 Å². The maximum atomic E-state index is 4.87. The molecule has 0 nitrogen and oxygen atoms in total. The van der Waals surface area contributed by atoms with Gasteiger partial charge in [-0.15, -0.1) is 0 Å². The normalized spacial score (nSPS) is 9.00. The molecule has 0 fully saturated rings. The molecule has 0 aromatic rings. The van der Waals surface area contributed by atoms with Gasteiger partial charge in [0.2, 0.25) is 0 Å². The third-order valence-corrected chi connectivity index (χ3v) is 0. The molecule has 0 aliphatic heterocycles. The van der Waals surface area contributed by atoms with Crippen molar-refractivity contribution in [3.8, 4) is 0 Å². The Morgan fingerprint density at radius 3 is 1.00 bits per heavy atom. The van der Waals surface area contributed by atoms with E-state index in [0.717, 1.165) is 0 Å². The van der Waals surface area contributed by atoms with Gasteiger partial charge in [-0.05, 0) is 0 Å². The van der Waals surface area contributed by atoms with Crippen molar-refractivity contribution >= 4 is 40.3 Å². The summed E-state index contributed by atoms with van der Waals surface area (Å²) in [6.07, 6.45) is 0. The molecular weight excluding hydrogens is 196 g/mol. The molecule has 38 valence electrons. The van der Waals surface area contributed by atoms with Crippen LogP contribution in [0.4, 0.5) is 0 Å². The Balaban J connectivity index is 0. The van der Waals surface area contributed by atoms with Crippen molar-refractivity contribution in [1.29, 1.82) is 0 Å². The van der Waals surface area contributed by atoms with Crippen LogP contribution < -0.4 is 0 Å². The number of halogens is 3. The van der Waals surface area contributed by atoms with Crippen LogP contribution in [0.3, 0.4) is 0 Å². The molecule has 0 amide bonds. The third-order valence-electron chi connectivity index (χ3n) is 0. The molecule has 5 heteroatoms. The van der Waals surface area contributed by atoms with Crippen LogP contribution in [-0.4, -0.2) is 0 Å². The van der Waals surface area contributed by atoms with Crippen molar-refractivity contribution in [2.24, 2.45) is 0 Å². The first-order valence-corrected chi connectivity index (χ1v) is 4.68. The van der Waals surface area contributed by atoms with E-state index in [1.54, 1.807) is 0 Å². The van der Waals surface area contributed by atoms with Gasteiger partial charge in [-0.2, -0.15) is 9.90 Å². The molecule has 1 unspecified atom stereocenters. The van der Waals surface area contributed by atoms with Gasteiger partial charge in [0, 0.05) is 0 Å². The van der Waals surface area contributed by atoms with E-state index < -0.39 is 10.9 Å². The van der Waals surface area contributed by atoms with Crippen LogP contribution in [0, 0.1) is 0 Å². The summed E-state index contributed by atoms with van der Waals surface area (Å²) in [5, 5.41) is 0. The summed E-state index contributed by atoms with van der Waals surface area (Å²) in [5.74, 6) is 0. The molecule has 0 aliphatic rings. The summed E-state index contributed by atoms with van der Waals surface area (Å²) >= 11 is 0. The zero-order valence-corrected chi connectivity index (χ0v) is 6.90. The van der Waals surface area contributed by atoms with Gasteiger partial charge in [0.25, 0.3) is 0 Å². The first-order valence-electron chi connectivity index (χ1n) is 0.378. The molecule has 0 saturated heterocycles. The third kappa shape index (κ3) is 25.8. The molecule has 0 aliphatic carbocycles. The Kier molecular flexibility index (Phi) is 11.5. The molecule has 0 radical (unpaired) electrons. The van der Waals surface area contributed by atoms with Gasteiger partial charge in [-0.1, -0.05) is 0 Å². The van der Waals surface area contributed by atoms with Gasteiger partial charge in [0.15, 0.2) is 0 Å². The Hall–Kier alpha value is 1.81. The molecule has 0 heterocycles. The van der Waals surface area contributed by atoms with Gasteiger partial charge in [-0.25, -0.2) is 0 Å². The van der Waals surface area contributed by atoms with E-state index >= 15 is 0 Å². The van der Waals surface area contributed by atoms with E-state index in [0.29, 0.717) is 0 Å². The second-order valence-electron chi connectivity index (χ2n) is 0.143. The Morgan fingerprint density at radius 1 is 1.00 bits per heavy atom. The van der Waals surface area contributed by atoms with Crippen molar-refractivity contribution in [3.63, 3.8) is 0 Å². The Bertz CT molecular complexity index is 11.6. The fourth-order valence-electron chi connectivity index (χ4n) is 0. The van der Waals surface area contributed by atoms with E-state index in [-0.39, 0.29) is 9.90 Å². The van der Waals surface area contributed by atoms with Crippen LogP contribution in [0.15, 0.2) is 0 Å². The second-order valence-corrected chi connectivity index (χ2v) is 5.30. The molecule has 5 heavy (non-hydrogen) atoms. The second kappa shape index (κ2) is 5.81. The molecule has 0 rings (SSSR count). The molecule has 0 N–H and O–H groups in total. The molecular formula is H3Cl3CoP. The molecule has 0 bridgehead atoms. The molecule has 0 saturated carbocycles. The zero-order valence-electron chi connectivity index (χ0n) is 2.17. The summed E-state index contributed by atoms with van der Waals surface area (Å²) < 4.78 is 0. The zero-order chi connectivity index (χ0) is 3.58. The Morgan fingerprint density at radius 2 is 1.00 bits per heavy atom. The number of hydrogen-bond donors (Lipinski definition) is 0. The fraction of sp³-hybridized carbons (Fsp3) is 0. The maximum absolute atomic E-state index is 4.87. The molecule has 1 atom stereocenters. The van der Waals surface area contributed by atoms with Crippen LogP contribution in [0.2, 0.25) is 0 Å². The molecule has 0 aromatic heterocycles. The molecule has 0 spiro atoms. The minimum absolute atomic E-state index is 0. The summed E-state index contributed by atoms with van der Waals surface area (Å²) in [7, 11) is 13.4. The van der Waals surface area contributed by atoms with Crippen LogP contribution >= 0.6 is 40.3 Å². The van der Waals surface area contributed by atoms with Gasteiger partial charge < -0.3 is 0 Å². The van der Waals surface area contributed by atoms with Crippen LogP contribution in [0.1, 0.15) is 0 Å². The SMILES string of the molecule is P.[Cl][Co]([Cl])[Cl]. The molecule has 0 aromatic carbocycles. The minimum atomic E-state index is -1.19. The van der Waals surface area contributed by atoms with Crippen molar-refractivity contribution in [2.45, 2.75) is 0 Å². The van der Waals surface area contributed by atoms with E-state index in [9.17, 15) is 0 Å². The standard InChI is InChI=1S/3ClH.Co.H3P/h3*1H;;1H3/q;;;+3;/p-3. The van der Waals surface area contributed by atoms with E-state index in [1.807, 2.05) is 0 Å². The Labute approximate surface area is 51.3 Å². The van der Waals surface area contributed by atoms with E-state index in [4.69, 9.17) is 30.4 Å². The summed E-state index contributed by atoms with van der Waals surface area (Å²) in [6.45, 7) is 0. The predicted molar refractivity (Wildman–Crippen MR) is 28.7 cm³/mol. The quantitative estimate of drug-likeness (QED) is 0.524. The number of rotatable bonds is 0. The van der Waals surface area contributed by atoms with Crippen LogP contribution in [-0.2, 0) is 10.9 Å². The van der Waals surface area contributed by atoms with Gasteiger partial charge in [-0.3, -0.25) is 0 Å². The first kappa shape index (κ1) is 9.93. The number of hydrogen-bond acceptors (Lipinski definition) is 0. The van der Waals surface area contributed by atoms with Gasteiger partial charge >= 0.3 is 41.4 Å². The van der Waals surface area contributed by atoms with Crippen LogP contribution in [0.5, 0.6) is 0 Å². The summed E-state index contributed by atoms with van der Waals surface area (Å²) in [4.78, 5) is 0. The van der Waals surface area contributed by atoms with Crippen LogP contribution in [0.25, 0.3) is 0 Å². The van der Waals surface area contributed by atoms with Gasteiger partial charge in [0.05, 0.1) is 0 Å². The predicted octanol–water partition coefficient (Wildman–Crippen LogP) is 2.12.